The van der Waals surface area contributed by atoms with E-state index in [1.54, 1.807) is 0 Å². The number of hydrogen-bond acceptors (Lipinski definition) is 3. The predicted molar refractivity (Wildman–Crippen MR) is 67.8 cm³/mol. The van der Waals surface area contributed by atoms with Gasteiger partial charge in [0.1, 0.15) is 5.82 Å². The van der Waals surface area contributed by atoms with E-state index in [2.05, 4.69) is 5.32 Å². The molecule has 7 heteroatoms. The average molecular weight is 290 g/mol. The SMILES string of the molecule is COC(C)(C(=O)O)C(=O)Nc1cc(C)c(F)c(Cl)c1. The molecule has 0 radical (unpaired) electrons. The molecule has 1 atom stereocenters. The van der Waals surface area contributed by atoms with Crippen molar-refractivity contribution in [1.82, 2.24) is 0 Å². The Morgan fingerprint density at radius 2 is 2.05 bits per heavy atom. The smallest absolute Gasteiger partial charge is 0.345 e. The molecule has 0 bridgehead atoms. The van der Waals surface area contributed by atoms with Crippen molar-refractivity contribution < 1.29 is 23.8 Å². The van der Waals surface area contributed by atoms with Gasteiger partial charge in [0.2, 0.25) is 5.60 Å². The molecule has 1 amide bonds. The fourth-order valence-corrected chi connectivity index (χ4v) is 1.59. The molecular formula is C12H13ClFNO4. The molecule has 0 aliphatic rings. The van der Waals surface area contributed by atoms with Crippen molar-refractivity contribution in [2.24, 2.45) is 0 Å². The number of nitrogens with one attached hydrogen (secondary N) is 1. The quantitative estimate of drug-likeness (QED) is 0.833. The molecule has 0 heterocycles. The molecule has 1 rings (SSSR count). The van der Waals surface area contributed by atoms with Crippen molar-refractivity contribution in [3.8, 4) is 0 Å². The van der Waals surface area contributed by atoms with Crippen LogP contribution in [-0.2, 0) is 14.3 Å². The number of methoxy groups -OCH3 is 1. The second kappa shape index (κ2) is 5.54. The van der Waals surface area contributed by atoms with E-state index < -0.39 is 23.3 Å². The molecule has 0 aromatic heterocycles. The number of amides is 1. The number of hydrogen-bond donors (Lipinski definition) is 2. The topological polar surface area (TPSA) is 75.6 Å². The van der Waals surface area contributed by atoms with Gasteiger partial charge in [-0.25, -0.2) is 9.18 Å². The third-order valence-electron chi connectivity index (χ3n) is 2.72. The summed E-state index contributed by atoms with van der Waals surface area (Å²) in [5, 5.41) is 11.1. The number of carbonyl (C=O) groups is 2. The lowest BCUT2D eigenvalue weighted by atomic mass is 10.1. The fourth-order valence-electron chi connectivity index (χ4n) is 1.33. The monoisotopic (exact) mass is 289 g/mol. The molecule has 0 fully saturated rings. The number of carboxylic acids is 1. The van der Waals surface area contributed by atoms with Crippen molar-refractivity contribution in [1.29, 1.82) is 0 Å². The molecule has 104 valence electrons. The van der Waals surface area contributed by atoms with Gasteiger partial charge >= 0.3 is 5.97 Å². The molecule has 1 aromatic rings. The molecule has 1 aromatic carbocycles. The van der Waals surface area contributed by atoms with Crippen LogP contribution in [0.1, 0.15) is 12.5 Å². The summed E-state index contributed by atoms with van der Waals surface area (Å²) < 4.78 is 18.0. The molecule has 0 aliphatic carbocycles. The van der Waals surface area contributed by atoms with Crippen LogP contribution in [0.25, 0.3) is 0 Å². The van der Waals surface area contributed by atoms with E-state index in [1.165, 1.54) is 19.1 Å². The van der Waals surface area contributed by atoms with E-state index in [1.807, 2.05) is 0 Å². The van der Waals surface area contributed by atoms with Gasteiger partial charge in [0.25, 0.3) is 5.91 Å². The lowest BCUT2D eigenvalue weighted by Gasteiger charge is -2.22. The summed E-state index contributed by atoms with van der Waals surface area (Å²) in [5.41, 5.74) is -1.61. The van der Waals surface area contributed by atoms with Crippen LogP contribution >= 0.6 is 11.6 Å². The summed E-state index contributed by atoms with van der Waals surface area (Å²) in [4.78, 5) is 22.9. The second-order valence-electron chi connectivity index (χ2n) is 4.09. The minimum absolute atomic E-state index is 0.162. The molecule has 0 spiro atoms. The highest BCUT2D eigenvalue weighted by molar-refractivity contribution is 6.31. The zero-order chi connectivity index (χ0) is 14.8. The Balaban J connectivity index is 3.03. The number of halogens is 2. The number of aryl methyl sites for hydroxylation is 1. The maximum Gasteiger partial charge on any atom is 0.345 e. The molecule has 0 saturated carbocycles. The normalized spacial score (nSPS) is 13.7. The summed E-state index contributed by atoms with van der Waals surface area (Å²) in [7, 11) is 1.11. The highest BCUT2D eigenvalue weighted by Gasteiger charge is 2.41. The number of ether oxygens (including phenoxy) is 1. The van der Waals surface area contributed by atoms with Crippen LogP contribution < -0.4 is 5.32 Å². The van der Waals surface area contributed by atoms with Crippen molar-refractivity contribution >= 4 is 29.2 Å². The van der Waals surface area contributed by atoms with Crippen LogP contribution in [0.2, 0.25) is 5.02 Å². The van der Waals surface area contributed by atoms with Crippen LogP contribution in [0.5, 0.6) is 0 Å². The standard InChI is InChI=1S/C12H13ClFNO4/c1-6-4-7(5-8(13)9(6)14)15-10(16)12(2,19-3)11(17)18/h4-5H,1-3H3,(H,15,16)(H,17,18). The van der Waals surface area contributed by atoms with Gasteiger partial charge in [-0.15, -0.1) is 0 Å². The van der Waals surface area contributed by atoms with E-state index in [0.717, 1.165) is 14.0 Å². The van der Waals surface area contributed by atoms with Gasteiger partial charge in [-0.1, -0.05) is 11.6 Å². The van der Waals surface area contributed by atoms with Gasteiger partial charge < -0.3 is 15.2 Å². The molecule has 2 N–H and O–H groups in total. The number of carbonyl (C=O) groups excluding carboxylic acids is 1. The maximum atomic E-state index is 13.3. The Morgan fingerprint density at radius 1 is 1.47 bits per heavy atom. The molecule has 19 heavy (non-hydrogen) atoms. The first-order chi connectivity index (χ1) is 8.72. The van der Waals surface area contributed by atoms with E-state index in [0.29, 0.717) is 0 Å². The molecule has 1 unspecified atom stereocenters. The summed E-state index contributed by atoms with van der Waals surface area (Å²) in [6, 6.07) is 2.54. The lowest BCUT2D eigenvalue weighted by molar-refractivity contribution is -0.165. The molecule has 0 saturated heterocycles. The molecule has 5 nitrogen and oxygen atoms in total. The first kappa shape index (κ1) is 15.4. The summed E-state index contributed by atoms with van der Waals surface area (Å²) in [6.45, 7) is 2.59. The zero-order valence-corrected chi connectivity index (χ0v) is 11.3. The highest BCUT2D eigenvalue weighted by atomic mass is 35.5. The number of rotatable bonds is 4. The maximum absolute atomic E-state index is 13.3. The largest absolute Gasteiger partial charge is 0.479 e. The van der Waals surface area contributed by atoms with E-state index in [-0.39, 0.29) is 16.3 Å². The minimum atomic E-state index is -2.03. The Kier molecular flexibility index (Phi) is 4.49. The third-order valence-corrected chi connectivity index (χ3v) is 2.99. The van der Waals surface area contributed by atoms with Crippen molar-refractivity contribution in [3.63, 3.8) is 0 Å². The van der Waals surface area contributed by atoms with Crippen molar-refractivity contribution in [2.75, 3.05) is 12.4 Å². The summed E-state index contributed by atoms with van der Waals surface area (Å²) >= 11 is 5.64. The van der Waals surface area contributed by atoms with E-state index in [9.17, 15) is 14.0 Å². The van der Waals surface area contributed by atoms with Crippen molar-refractivity contribution in [3.05, 3.63) is 28.5 Å². The van der Waals surface area contributed by atoms with Gasteiger partial charge in [0.05, 0.1) is 5.02 Å². The first-order valence-corrected chi connectivity index (χ1v) is 5.65. The predicted octanol–water partition coefficient (Wildman–Crippen LogP) is 2.22. The summed E-state index contributed by atoms with van der Waals surface area (Å²) in [5.74, 6) is -2.91. The van der Waals surface area contributed by atoms with Gasteiger partial charge in [-0.05, 0) is 31.5 Å². The van der Waals surface area contributed by atoms with E-state index >= 15 is 0 Å². The van der Waals surface area contributed by atoms with Crippen molar-refractivity contribution in [2.45, 2.75) is 19.4 Å². The minimum Gasteiger partial charge on any atom is -0.479 e. The first-order valence-electron chi connectivity index (χ1n) is 5.28. The average Bonchev–Trinajstić information content (AvgIpc) is 2.34. The van der Waals surface area contributed by atoms with Gasteiger partial charge in [-0.3, -0.25) is 4.79 Å². The summed E-state index contributed by atoms with van der Waals surface area (Å²) in [6.07, 6.45) is 0. The molecular weight excluding hydrogens is 277 g/mol. The number of carboxylic acid groups (broad SMARTS) is 1. The number of benzene rings is 1. The zero-order valence-electron chi connectivity index (χ0n) is 10.6. The Labute approximate surface area is 114 Å². The second-order valence-corrected chi connectivity index (χ2v) is 4.49. The van der Waals surface area contributed by atoms with Crippen LogP contribution in [0.4, 0.5) is 10.1 Å². The van der Waals surface area contributed by atoms with Crippen LogP contribution in [0.15, 0.2) is 12.1 Å². The number of anilines is 1. The lowest BCUT2D eigenvalue weighted by Crippen LogP contribution is -2.48. The third kappa shape index (κ3) is 3.02. The van der Waals surface area contributed by atoms with E-state index in [4.69, 9.17) is 21.4 Å². The van der Waals surface area contributed by atoms with Crippen LogP contribution in [-0.4, -0.2) is 29.7 Å². The Hall–Kier alpha value is -1.66. The Bertz CT molecular complexity index is 511. The van der Waals surface area contributed by atoms with Gasteiger partial charge in [0.15, 0.2) is 0 Å². The Morgan fingerprint density at radius 3 is 2.47 bits per heavy atom. The van der Waals surface area contributed by atoms with Gasteiger partial charge in [-0.2, -0.15) is 0 Å². The highest BCUT2D eigenvalue weighted by Crippen LogP contribution is 2.24. The van der Waals surface area contributed by atoms with Crippen LogP contribution in [0.3, 0.4) is 0 Å². The fraction of sp³-hybridized carbons (Fsp3) is 0.333. The van der Waals surface area contributed by atoms with Crippen LogP contribution in [0, 0.1) is 12.7 Å². The van der Waals surface area contributed by atoms with Gasteiger partial charge in [0, 0.05) is 12.8 Å². The molecule has 0 aliphatic heterocycles. The number of aliphatic carboxylic acids is 1.